The van der Waals surface area contributed by atoms with Gasteiger partial charge in [0, 0.05) is 12.4 Å². The van der Waals surface area contributed by atoms with Crippen LogP contribution in [0.3, 0.4) is 0 Å². The zero-order chi connectivity index (χ0) is 11.7. The summed E-state index contributed by atoms with van der Waals surface area (Å²) in [6, 6.07) is 9.14. The molecule has 0 saturated heterocycles. The van der Waals surface area contributed by atoms with Gasteiger partial charge in [0.05, 0.1) is 11.9 Å². The molecule has 0 amide bonds. The van der Waals surface area contributed by atoms with Crippen molar-refractivity contribution in [2.75, 3.05) is 5.73 Å². The summed E-state index contributed by atoms with van der Waals surface area (Å²) in [7, 11) is 0. The van der Waals surface area contributed by atoms with Gasteiger partial charge in [0.15, 0.2) is 5.75 Å². The molecule has 2 aromatic heterocycles. The normalized spacial score (nSPS) is 10.6. The topological polar surface area (TPSA) is 65.4 Å². The molecule has 0 unspecified atom stereocenters. The SMILES string of the molecule is Nc1ccccc1Oc1nccn2nccc12. The van der Waals surface area contributed by atoms with Gasteiger partial charge in [-0.25, -0.2) is 9.50 Å². The summed E-state index contributed by atoms with van der Waals surface area (Å²) in [5.74, 6) is 1.08. The standard InChI is InChI=1S/C12H10N4O/c13-9-3-1-2-4-11(9)17-12-10-5-6-15-16(10)8-7-14-12/h1-8H,13H2. The first-order valence-electron chi connectivity index (χ1n) is 5.15. The minimum absolute atomic E-state index is 0.489. The second kappa shape index (κ2) is 3.79. The fraction of sp³-hybridized carbons (Fsp3) is 0. The van der Waals surface area contributed by atoms with Crippen molar-refractivity contribution in [3.05, 3.63) is 48.9 Å². The number of ether oxygens (including phenoxy) is 1. The van der Waals surface area contributed by atoms with E-state index in [1.165, 1.54) is 0 Å². The third-order valence-electron chi connectivity index (χ3n) is 2.41. The molecule has 0 spiro atoms. The summed E-state index contributed by atoms with van der Waals surface area (Å²) in [5.41, 5.74) is 7.19. The number of hydrogen-bond donors (Lipinski definition) is 1. The van der Waals surface area contributed by atoms with Crippen LogP contribution in [-0.2, 0) is 0 Å². The molecular formula is C12H10N4O. The van der Waals surface area contributed by atoms with Gasteiger partial charge in [0.2, 0.25) is 5.88 Å². The summed E-state index contributed by atoms with van der Waals surface area (Å²) in [6.45, 7) is 0. The molecule has 0 radical (unpaired) electrons. The van der Waals surface area contributed by atoms with Gasteiger partial charge in [0.1, 0.15) is 5.52 Å². The molecule has 5 heteroatoms. The van der Waals surface area contributed by atoms with Crippen LogP contribution in [0.25, 0.3) is 5.52 Å². The van der Waals surface area contributed by atoms with E-state index in [2.05, 4.69) is 10.1 Å². The Labute approximate surface area is 97.5 Å². The number of anilines is 1. The third-order valence-corrected chi connectivity index (χ3v) is 2.41. The van der Waals surface area contributed by atoms with E-state index in [1.807, 2.05) is 18.2 Å². The number of fused-ring (bicyclic) bond motifs is 1. The van der Waals surface area contributed by atoms with Crippen molar-refractivity contribution < 1.29 is 4.74 Å². The van der Waals surface area contributed by atoms with Gasteiger partial charge in [-0.15, -0.1) is 0 Å². The number of aromatic nitrogens is 3. The van der Waals surface area contributed by atoms with Crippen LogP contribution in [0.2, 0.25) is 0 Å². The highest BCUT2D eigenvalue weighted by atomic mass is 16.5. The van der Waals surface area contributed by atoms with E-state index in [-0.39, 0.29) is 0 Å². The van der Waals surface area contributed by atoms with Crippen LogP contribution in [-0.4, -0.2) is 14.6 Å². The molecule has 2 heterocycles. The summed E-state index contributed by atoms with van der Waals surface area (Å²) in [6.07, 6.45) is 5.09. The zero-order valence-electron chi connectivity index (χ0n) is 8.95. The van der Waals surface area contributed by atoms with Gasteiger partial charge < -0.3 is 10.5 Å². The predicted molar refractivity (Wildman–Crippen MR) is 63.9 cm³/mol. The van der Waals surface area contributed by atoms with Gasteiger partial charge in [-0.2, -0.15) is 5.10 Å². The predicted octanol–water partition coefficient (Wildman–Crippen LogP) is 2.10. The highest BCUT2D eigenvalue weighted by molar-refractivity contribution is 5.59. The van der Waals surface area contributed by atoms with Crippen LogP contribution in [0.5, 0.6) is 11.6 Å². The number of rotatable bonds is 2. The van der Waals surface area contributed by atoms with Crippen LogP contribution in [0.15, 0.2) is 48.9 Å². The van der Waals surface area contributed by atoms with E-state index < -0.39 is 0 Å². The maximum atomic E-state index is 5.81. The van der Waals surface area contributed by atoms with Gasteiger partial charge in [-0.3, -0.25) is 0 Å². The minimum atomic E-state index is 0.489. The Hall–Kier alpha value is -2.56. The molecule has 84 valence electrons. The molecule has 1 aromatic carbocycles. The number of hydrogen-bond acceptors (Lipinski definition) is 4. The van der Waals surface area contributed by atoms with Crippen LogP contribution < -0.4 is 10.5 Å². The molecule has 17 heavy (non-hydrogen) atoms. The highest BCUT2D eigenvalue weighted by Gasteiger charge is 2.07. The van der Waals surface area contributed by atoms with Crippen molar-refractivity contribution in [1.29, 1.82) is 0 Å². The quantitative estimate of drug-likeness (QED) is 0.679. The smallest absolute Gasteiger partial charge is 0.245 e. The number of nitrogens with zero attached hydrogens (tertiary/aromatic N) is 3. The Morgan fingerprint density at radius 1 is 1.12 bits per heavy atom. The first kappa shape index (κ1) is 9.65. The van der Waals surface area contributed by atoms with Crippen molar-refractivity contribution in [1.82, 2.24) is 14.6 Å². The zero-order valence-corrected chi connectivity index (χ0v) is 8.95. The average molecular weight is 226 g/mol. The summed E-state index contributed by atoms with van der Waals surface area (Å²) in [5, 5.41) is 4.11. The molecule has 0 aliphatic heterocycles. The Kier molecular flexibility index (Phi) is 2.15. The molecule has 3 aromatic rings. The Balaban J connectivity index is 2.06. The van der Waals surface area contributed by atoms with Crippen molar-refractivity contribution >= 4 is 11.2 Å². The van der Waals surface area contributed by atoms with E-state index in [0.29, 0.717) is 17.3 Å². The first-order valence-corrected chi connectivity index (χ1v) is 5.15. The van der Waals surface area contributed by atoms with E-state index in [0.717, 1.165) is 5.52 Å². The van der Waals surface area contributed by atoms with E-state index in [9.17, 15) is 0 Å². The Morgan fingerprint density at radius 2 is 2.00 bits per heavy atom. The number of para-hydroxylation sites is 2. The van der Waals surface area contributed by atoms with E-state index >= 15 is 0 Å². The lowest BCUT2D eigenvalue weighted by Crippen LogP contribution is -1.96. The van der Waals surface area contributed by atoms with Crippen molar-refractivity contribution in [2.24, 2.45) is 0 Å². The third kappa shape index (κ3) is 1.67. The fourth-order valence-electron chi connectivity index (χ4n) is 1.59. The fourth-order valence-corrected chi connectivity index (χ4v) is 1.59. The van der Waals surface area contributed by atoms with Gasteiger partial charge in [-0.05, 0) is 18.2 Å². The van der Waals surface area contributed by atoms with Crippen molar-refractivity contribution in [3.8, 4) is 11.6 Å². The molecule has 0 aliphatic rings. The maximum Gasteiger partial charge on any atom is 0.245 e. The number of benzene rings is 1. The molecule has 5 nitrogen and oxygen atoms in total. The second-order valence-electron chi connectivity index (χ2n) is 3.53. The number of nitrogens with two attached hydrogens (primary N) is 1. The highest BCUT2D eigenvalue weighted by Crippen LogP contribution is 2.27. The number of nitrogen functional groups attached to an aromatic ring is 1. The molecule has 3 rings (SSSR count). The van der Waals surface area contributed by atoms with Gasteiger partial charge in [-0.1, -0.05) is 12.1 Å². The van der Waals surface area contributed by atoms with Gasteiger partial charge >= 0.3 is 0 Å². The molecule has 0 fully saturated rings. The molecule has 2 N–H and O–H groups in total. The molecule has 0 saturated carbocycles. The molecule has 0 atom stereocenters. The largest absolute Gasteiger partial charge is 0.435 e. The molecular weight excluding hydrogens is 216 g/mol. The van der Waals surface area contributed by atoms with E-state index in [4.69, 9.17) is 10.5 Å². The monoisotopic (exact) mass is 226 g/mol. The summed E-state index contributed by atoms with van der Waals surface area (Å²) in [4.78, 5) is 4.18. The van der Waals surface area contributed by atoms with E-state index in [1.54, 1.807) is 35.2 Å². The second-order valence-corrected chi connectivity index (χ2v) is 3.53. The lowest BCUT2D eigenvalue weighted by molar-refractivity contribution is 0.468. The lowest BCUT2D eigenvalue weighted by Gasteiger charge is -2.07. The van der Waals surface area contributed by atoms with Gasteiger partial charge in [0.25, 0.3) is 0 Å². The summed E-state index contributed by atoms with van der Waals surface area (Å²) >= 11 is 0. The van der Waals surface area contributed by atoms with Crippen LogP contribution in [0.4, 0.5) is 5.69 Å². The van der Waals surface area contributed by atoms with Crippen LogP contribution in [0, 0.1) is 0 Å². The average Bonchev–Trinajstić information content (AvgIpc) is 2.81. The Bertz CT molecular complexity index is 662. The molecule has 0 bridgehead atoms. The lowest BCUT2D eigenvalue weighted by atomic mass is 10.3. The minimum Gasteiger partial charge on any atom is -0.435 e. The van der Waals surface area contributed by atoms with Crippen molar-refractivity contribution in [2.45, 2.75) is 0 Å². The molecule has 0 aliphatic carbocycles. The van der Waals surface area contributed by atoms with Crippen LogP contribution >= 0.6 is 0 Å². The van der Waals surface area contributed by atoms with Crippen molar-refractivity contribution in [3.63, 3.8) is 0 Å². The first-order chi connectivity index (χ1) is 8.34. The summed E-state index contributed by atoms with van der Waals surface area (Å²) < 4.78 is 7.38. The maximum absolute atomic E-state index is 5.81. The Morgan fingerprint density at radius 3 is 2.88 bits per heavy atom. The van der Waals surface area contributed by atoms with Crippen LogP contribution in [0.1, 0.15) is 0 Å².